The average molecular weight is 407 g/mol. The second-order valence-electron chi connectivity index (χ2n) is 7.23. The minimum absolute atomic E-state index is 0.208. The van der Waals surface area contributed by atoms with Crippen molar-refractivity contribution in [2.75, 3.05) is 13.1 Å². The molecule has 0 unspecified atom stereocenters. The highest BCUT2D eigenvalue weighted by Gasteiger charge is 2.31. The van der Waals surface area contributed by atoms with Crippen LogP contribution in [0.15, 0.2) is 65.7 Å². The normalized spacial score (nSPS) is 15.9. The summed E-state index contributed by atoms with van der Waals surface area (Å²) in [4.78, 5) is 4.83. The van der Waals surface area contributed by atoms with E-state index in [0.717, 1.165) is 29.9 Å². The summed E-state index contributed by atoms with van der Waals surface area (Å²) in [6.07, 6.45) is 3.33. The second kappa shape index (κ2) is 7.82. The molecule has 7 heteroatoms. The molecule has 1 aromatic heterocycles. The molecule has 148 valence electrons. The van der Waals surface area contributed by atoms with Crippen LogP contribution in [0.3, 0.4) is 0 Å². The molecule has 3 aromatic rings. The summed E-state index contributed by atoms with van der Waals surface area (Å²) in [6, 6.07) is 18.4. The quantitative estimate of drug-likeness (QED) is 0.661. The fourth-order valence-corrected chi connectivity index (χ4v) is 5.37. The molecular weight excluding hydrogens is 384 g/mol. The summed E-state index contributed by atoms with van der Waals surface area (Å²) in [5, 5.41) is 8.91. The zero-order chi connectivity index (χ0) is 20.4. The average Bonchev–Trinajstić information content (AvgIpc) is 3.16. The molecule has 0 spiro atoms. The van der Waals surface area contributed by atoms with E-state index in [-0.39, 0.29) is 10.9 Å². The molecule has 1 fully saturated rings. The number of nitriles is 1. The van der Waals surface area contributed by atoms with Crippen molar-refractivity contribution < 1.29 is 8.42 Å². The number of hydrogen-bond acceptors (Lipinski definition) is 4. The van der Waals surface area contributed by atoms with E-state index < -0.39 is 10.0 Å². The molecule has 1 aliphatic rings. The van der Waals surface area contributed by atoms with Crippen molar-refractivity contribution in [1.29, 1.82) is 5.26 Å². The van der Waals surface area contributed by atoms with Crippen molar-refractivity contribution in [3.05, 3.63) is 72.1 Å². The van der Waals surface area contributed by atoms with Crippen LogP contribution in [-0.4, -0.2) is 35.4 Å². The van der Waals surface area contributed by atoms with Crippen molar-refractivity contribution in [2.45, 2.75) is 30.7 Å². The number of hydrogen-bond donors (Lipinski definition) is 0. The minimum atomic E-state index is -3.55. The van der Waals surface area contributed by atoms with Crippen LogP contribution in [0.2, 0.25) is 0 Å². The first-order valence-electron chi connectivity index (χ1n) is 9.60. The molecule has 0 bridgehead atoms. The topological polar surface area (TPSA) is 79.0 Å². The molecule has 1 saturated heterocycles. The maximum absolute atomic E-state index is 13.0. The number of sulfonamides is 1. The lowest BCUT2D eigenvalue weighted by atomic mass is 10.1. The molecule has 2 aromatic carbocycles. The zero-order valence-corrected chi connectivity index (χ0v) is 17.0. The van der Waals surface area contributed by atoms with Gasteiger partial charge < -0.3 is 4.57 Å². The van der Waals surface area contributed by atoms with E-state index in [1.165, 1.54) is 12.1 Å². The fourth-order valence-electron chi connectivity index (χ4n) is 3.90. The fraction of sp³-hybridized carbons (Fsp3) is 0.273. The van der Waals surface area contributed by atoms with Crippen LogP contribution in [0.1, 0.15) is 30.1 Å². The Labute approximate surface area is 171 Å². The van der Waals surface area contributed by atoms with Gasteiger partial charge in [-0.05, 0) is 44.0 Å². The minimum Gasteiger partial charge on any atom is -0.325 e. The monoisotopic (exact) mass is 406 g/mol. The number of aryl methyl sites for hydroxylation is 1. The van der Waals surface area contributed by atoms with Gasteiger partial charge in [0, 0.05) is 36.6 Å². The molecular formula is C22H22N4O2S. The van der Waals surface area contributed by atoms with Crippen molar-refractivity contribution in [3.8, 4) is 17.5 Å². The Kier molecular flexibility index (Phi) is 5.22. The summed E-state index contributed by atoms with van der Waals surface area (Å²) < 4.78 is 29.7. The van der Waals surface area contributed by atoms with E-state index >= 15 is 0 Å². The summed E-state index contributed by atoms with van der Waals surface area (Å²) in [5.74, 6) is 0.927. The van der Waals surface area contributed by atoms with Crippen LogP contribution in [0.25, 0.3) is 11.4 Å². The van der Waals surface area contributed by atoms with Gasteiger partial charge in [0.1, 0.15) is 5.82 Å². The molecule has 0 N–H and O–H groups in total. The molecule has 1 aliphatic heterocycles. The Hall–Kier alpha value is -2.95. The summed E-state index contributed by atoms with van der Waals surface area (Å²) in [7, 11) is -3.55. The number of imidazole rings is 1. The molecule has 0 aliphatic carbocycles. The predicted octanol–water partition coefficient (Wildman–Crippen LogP) is 3.76. The second-order valence-corrected chi connectivity index (χ2v) is 9.17. The number of rotatable bonds is 4. The standard InChI is InChI=1S/C22H22N4O2S/c1-17-16-24-22(19-5-3-2-4-6-19)26(17)20-11-13-25(14-12-20)29(27,28)21-9-7-18(15-23)8-10-21/h2-10,16,20H,11-14H2,1H3. The third-order valence-electron chi connectivity index (χ3n) is 5.42. The lowest BCUT2D eigenvalue weighted by molar-refractivity contribution is 0.273. The summed E-state index contributed by atoms with van der Waals surface area (Å²) >= 11 is 0. The summed E-state index contributed by atoms with van der Waals surface area (Å²) in [6.45, 7) is 2.96. The van der Waals surface area contributed by atoms with Gasteiger partial charge in [0.15, 0.2) is 0 Å². The third kappa shape index (κ3) is 3.69. The summed E-state index contributed by atoms with van der Waals surface area (Å²) in [5.41, 5.74) is 2.59. The third-order valence-corrected chi connectivity index (χ3v) is 7.34. The largest absolute Gasteiger partial charge is 0.325 e. The van der Waals surface area contributed by atoms with Crippen LogP contribution in [0.5, 0.6) is 0 Å². The van der Waals surface area contributed by atoms with Crippen LogP contribution < -0.4 is 0 Å². The molecule has 0 saturated carbocycles. The molecule has 4 rings (SSSR count). The van der Waals surface area contributed by atoms with Gasteiger partial charge in [-0.2, -0.15) is 9.57 Å². The molecule has 0 radical (unpaired) electrons. The predicted molar refractivity (Wildman–Crippen MR) is 111 cm³/mol. The first-order valence-corrected chi connectivity index (χ1v) is 11.0. The van der Waals surface area contributed by atoms with Crippen LogP contribution >= 0.6 is 0 Å². The first-order chi connectivity index (χ1) is 14.0. The van der Waals surface area contributed by atoms with Gasteiger partial charge in [0.05, 0.1) is 16.5 Å². The van der Waals surface area contributed by atoms with Crippen LogP contribution in [0, 0.1) is 18.3 Å². The van der Waals surface area contributed by atoms with E-state index in [1.54, 1.807) is 16.4 Å². The van der Waals surface area contributed by atoms with Crippen molar-refractivity contribution >= 4 is 10.0 Å². The van der Waals surface area contributed by atoms with Crippen LogP contribution in [-0.2, 0) is 10.0 Å². The first kappa shape index (κ1) is 19.4. The number of benzene rings is 2. The van der Waals surface area contributed by atoms with Crippen LogP contribution in [0.4, 0.5) is 0 Å². The van der Waals surface area contributed by atoms with E-state index in [4.69, 9.17) is 5.26 Å². The maximum atomic E-state index is 13.0. The van der Waals surface area contributed by atoms with Gasteiger partial charge in [-0.3, -0.25) is 0 Å². The van der Waals surface area contributed by atoms with Gasteiger partial charge in [-0.15, -0.1) is 0 Å². The smallest absolute Gasteiger partial charge is 0.243 e. The molecule has 6 nitrogen and oxygen atoms in total. The Morgan fingerprint density at radius 1 is 1.03 bits per heavy atom. The molecule has 29 heavy (non-hydrogen) atoms. The van der Waals surface area contributed by atoms with E-state index in [1.807, 2.05) is 49.5 Å². The van der Waals surface area contributed by atoms with Gasteiger partial charge in [0.25, 0.3) is 0 Å². The van der Waals surface area contributed by atoms with Crippen molar-refractivity contribution in [3.63, 3.8) is 0 Å². The molecule has 0 amide bonds. The van der Waals surface area contributed by atoms with Gasteiger partial charge >= 0.3 is 0 Å². The van der Waals surface area contributed by atoms with E-state index in [2.05, 4.69) is 9.55 Å². The number of aromatic nitrogens is 2. The van der Waals surface area contributed by atoms with Gasteiger partial charge in [-0.1, -0.05) is 30.3 Å². The molecule has 2 heterocycles. The Morgan fingerprint density at radius 3 is 2.31 bits per heavy atom. The Morgan fingerprint density at radius 2 is 1.69 bits per heavy atom. The van der Waals surface area contributed by atoms with Gasteiger partial charge in [-0.25, -0.2) is 13.4 Å². The lowest BCUT2D eigenvalue weighted by Gasteiger charge is -2.33. The maximum Gasteiger partial charge on any atom is 0.243 e. The van der Waals surface area contributed by atoms with Crippen molar-refractivity contribution in [1.82, 2.24) is 13.9 Å². The number of nitrogens with zero attached hydrogens (tertiary/aromatic N) is 4. The zero-order valence-electron chi connectivity index (χ0n) is 16.2. The molecule has 0 atom stereocenters. The number of piperidine rings is 1. The Balaban J connectivity index is 1.53. The lowest BCUT2D eigenvalue weighted by Crippen LogP contribution is -2.39. The highest BCUT2D eigenvalue weighted by atomic mass is 32.2. The van der Waals surface area contributed by atoms with Gasteiger partial charge in [0.2, 0.25) is 10.0 Å². The highest BCUT2D eigenvalue weighted by Crippen LogP contribution is 2.32. The highest BCUT2D eigenvalue weighted by molar-refractivity contribution is 7.89. The van der Waals surface area contributed by atoms with E-state index in [0.29, 0.717) is 18.7 Å². The van der Waals surface area contributed by atoms with Crippen molar-refractivity contribution in [2.24, 2.45) is 0 Å². The Bertz CT molecular complexity index is 1140. The SMILES string of the molecule is Cc1cnc(-c2ccccc2)n1C1CCN(S(=O)(=O)c2ccc(C#N)cc2)CC1. The van der Waals surface area contributed by atoms with E-state index in [9.17, 15) is 8.42 Å².